The first-order chi connectivity index (χ1) is 7.17. The van der Waals surface area contributed by atoms with Crippen LogP contribution in [0, 0.1) is 11.3 Å². The Morgan fingerprint density at radius 3 is 2.53 bits per heavy atom. The predicted octanol–water partition coefficient (Wildman–Crippen LogP) is 3.86. The Labute approximate surface area is 95.5 Å². The number of Topliss-reactive ketones (excluding diaryl/α,β-unsaturated/α-hetero) is 1. The monoisotopic (exact) mass is 222 g/mol. The van der Waals surface area contributed by atoms with Gasteiger partial charge in [0.25, 0.3) is 0 Å². The number of thiophene rings is 1. The van der Waals surface area contributed by atoms with Crippen molar-refractivity contribution in [2.45, 2.75) is 39.5 Å². The molecule has 1 heterocycles. The van der Waals surface area contributed by atoms with Crippen molar-refractivity contribution in [1.29, 1.82) is 0 Å². The fraction of sp³-hybridized carbons (Fsp3) is 0.615. The molecule has 1 aliphatic rings. The summed E-state index contributed by atoms with van der Waals surface area (Å²) >= 11 is 1.79. The zero-order valence-electron chi connectivity index (χ0n) is 9.62. The fourth-order valence-corrected chi connectivity index (χ4v) is 4.21. The van der Waals surface area contributed by atoms with Gasteiger partial charge in [0.2, 0.25) is 0 Å². The molecular weight excluding hydrogens is 204 g/mol. The SMILES string of the molecule is CCC1(CC)C(=O)C(C)C1c1cccs1. The average molecular weight is 222 g/mol. The smallest absolute Gasteiger partial charge is 0.143 e. The third-order valence-electron chi connectivity index (χ3n) is 4.11. The van der Waals surface area contributed by atoms with Gasteiger partial charge in [-0.2, -0.15) is 0 Å². The molecule has 0 N–H and O–H groups in total. The van der Waals surface area contributed by atoms with Crippen LogP contribution in [0.25, 0.3) is 0 Å². The molecular formula is C13H18OS. The van der Waals surface area contributed by atoms with Crippen molar-refractivity contribution in [2.24, 2.45) is 11.3 Å². The summed E-state index contributed by atoms with van der Waals surface area (Å²) in [5, 5.41) is 2.11. The molecule has 1 fully saturated rings. The molecule has 0 amide bonds. The molecule has 0 saturated heterocycles. The summed E-state index contributed by atoms with van der Waals surface area (Å²) in [5.41, 5.74) is -0.0513. The fourth-order valence-electron chi connectivity index (χ4n) is 3.17. The second-order valence-corrected chi connectivity index (χ2v) is 5.49. The Balaban J connectivity index is 2.35. The molecule has 2 unspecified atom stereocenters. The molecule has 82 valence electrons. The van der Waals surface area contributed by atoms with Crippen LogP contribution in [0.3, 0.4) is 0 Å². The lowest BCUT2D eigenvalue weighted by molar-refractivity contribution is -0.149. The molecule has 0 aliphatic heterocycles. The lowest BCUT2D eigenvalue weighted by Gasteiger charge is -2.51. The molecule has 0 radical (unpaired) electrons. The molecule has 0 aromatic carbocycles. The van der Waals surface area contributed by atoms with E-state index >= 15 is 0 Å². The van der Waals surface area contributed by atoms with Gasteiger partial charge in [-0.1, -0.05) is 26.8 Å². The Morgan fingerprint density at radius 2 is 2.07 bits per heavy atom. The number of hydrogen-bond donors (Lipinski definition) is 0. The highest BCUT2D eigenvalue weighted by Crippen LogP contribution is 2.58. The van der Waals surface area contributed by atoms with Crippen LogP contribution in [0.15, 0.2) is 17.5 Å². The molecule has 2 rings (SSSR count). The highest BCUT2D eigenvalue weighted by atomic mass is 32.1. The molecule has 0 bridgehead atoms. The van der Waals surface area contributed by atoms with Gasteiger partial charge in [-0.3, -0.25) is 4.79 Å². The second-order valence-electron chi connectivity index (χ2n) is 4.51. The van der Waals surface area contributed by atoms with Crippen molar-refractivity contribution >= 4 is 17.1 Å². The van der Waals surface area contributed by atoms with Gasteiger partial charge < -0.3 is 0 Å². The standard InChI is InChI=1S/C13H18OS/c1-4-13(5-2)11(9(3)12(13)14)10-7-6-8-15-10/h6-9,11H,4-5H2,1-3H3. The topological polar surface area (TPSA) is 17.1 Å². The molecule has 15 heavy (non-hydrogen) atoms. The first kappa shape index (κ1) is 10.9. The van der Waals surface area contributed by atoms with E-state index in [1.165, 1.54) is 4.88 Å². The van der Waals surface area contributed by atoms with Gasteiger partial charge in [-0.05, 0) is 24.3 Å². The minimum Gasteiger partial charge on any atom is -0.299 e. The van der Waals surface area contributed by atoms with E-state index in [0.717, 1.165) is 12.8 Å². The lowest BCUT2D eigenvalue weighted by Crippen LogP contribution is -2.54. The zero-order valence-corrected chi connectivity index (χ0v) is 10.4. The van der Waals surface area contributed by atoms with Gasteiger partial charge in [0.15, 0.2) is 0 Å². The molecule has 1 aliphatic carbocycles. The van der Waals surface area contributed by atoms with Crippen molar-refractivity contribution in [3.05, 3.63) is 22.4 Å². The maximum Gasteiger partial charge on any atom is 0.143 e. The number of rotatable bonds is 3. The van der Waals surface area contributed by atoms with E-state index in [1.807, 2.05) is 0 Å². The molecule has 1 aromatic rings. The highest BCUT2D eigenvalue weighted by Gasteiger charge is 2.58. The summed E-state index contributed by atoms with van der Waals surface area (Å²) in [6.07, 6.45) is 1.96. The van der Waals surface area contributed by atoms with E-state index in [0.29, 0.717) is 11.7 Å². The quantitative estimate of drug-likeness (QED) is 0.759. The van der Waals surface area contributed by atoms with Crippen LogP contribution >= 0.6 is 11.3 Å². The second kappa shape index (κ2) is 3.75. The van der Waals surface area contributed by atoms with Crippen molar-refractivity contribution < 1.29 is 4.79 Å². The largest absolute Gasteiger partial charge is 0.299 e. The molecule has 2 heteroatoms. The van der Waals surface area contributed by atoms with Crippen LogP contribution in [0.2, 0.25) is 0 Å². The van der Waals surface area contributed by atoms with Crippen molar-refractivity contribution in [3.63, 3.8) is 0 Å². The van der Waals surface area contributed by atoms with E-state index in [9.17, 15) is 4.79 Å². The van der Waals surface area contributed by atoms with Gasteiger partial charge in [0.1, 0.15) is 5.78 Å². The number of carbonyl (C=O) groups excluding carboxylic acids is 1. The summed E-state index contributed by atoms with van der Waals surface area (Å²) in [5.74, 6) is 1.18. The number of ketones is 1. The maximum atomic E-state index is 12.1. The first-order valence-electron chi connectivity index (χ1n) is 5.75. The third kappa shape index (κ3) is 1.31. The number of hydrogen-bond acceptors (Lipinski definition) is 2. The first-order valence-corrected chi connectivity index (χ1v) is 6.63. The van der Waals surface area contributed by atoms with Crippen LogP contribution in [0.1, 0.15) is 44.4 Å². The normalized spacial score (nSPS) is 28.9. The van der Waals surface area contributed by atoms with Gasteiger partial charge in [0.05, 0.1) is 0 Å². The summed E-state index contributed by atoms with van der Waals surface area (Å²) < 4.78 is 0. The van der Waals surface area contributed by atoms with E-state index in [-0.39, 0.29) is 11.3 Å². The molecule has 0 spiro atoms. The van der Waals surface area contributed by atoms with E-state index in [4.69, 9.17) is 0 Å². The molecule has 1 saturated carbocycles. The summed E-state index contributed by atoms with van der Waals surface area (Å²) in [6.45, 7) is 6.37. The van der Waals surface area contributed by atoms with Crippen LogP contribution in [0.4, 0.5) is 0 Å². The highest BCUT2D eigenvalue weighted by molar-refractivity contribution is 7.10. The van der Waals surface area contributed by atoms with Crippen molar-refractivity contribution in [2.75, 3.05) is 0 Å². The minimum absolute atomic E-state index is 0.0513. The van der Waals surface area contributed by atoms with Crippen molar-refractivity contribution in [3.8, 4) is 0 Å². The molecule has 2 atom stereocenters. The van der Waals surface area contributed by atoms with Gasteiger partial charge >= 0.3 is 0 Å². The lowest BCUT2D eigenvalue weighted by atomic mass is 9.50. The summed E-state index contributed by atoms with van der Waals surface area (Å²) in [4.78, 5) is 13.5. The zero-order chi connectivity index (χ0) is 11.1. The van der Waals surface area contributed by atoms with Gasteiger partial charge in [-0.25, -0.2) is 0 Å². The van der Waals surface area contributed by atoms with E-state index < -0.39 is 0 Å². The minimum atomic E-state index is -0.0513. The Morgan fingerprint density at radius 1 is 1.40 bits per heavy atom. The predicted molar refractivity (Wildman–Crippen MR) is 64.2 cm³/mol. The molecule has 1 aromatic heterocycles. The van der Waals surface area contributed by atoms with Crippen LogP contribution < -0.4 is 0 Å². The van der Waals surface area contributed by atoms with E-state index in [1.54, 1.807) is 11.3 Å². The summed E-state index contributed by atoms with van der Waals surface area (Å²) in [7, 11) is 0. The van der Waals surface area contributed by atoms with Crippen LogP contribution in [-0.4, -0.2) is 5.78 Å². The average Bonchev–Trinajstić information content (AvgIpc) is 2.77. The van der Waals surface area contributed by atoms with Gasteiger partial charge in [-0.15, -0.1) is 11.3 Å². The Kier molecular flexibility index (Phi) is 2.72. The summed E-state index contributed by atoms with van der Waals surface area (Å²) in [6, 6.07) is 4.27. The van der Waals surface area contributed by atoms with Crippen molar-refractivity contribution in [1.82, 2.24) is 0 Å². The van der Waals surface area contributed by atoms with Crippen LogP contribution in [-0.2, 0) is 4.79 Å². The van der Waals surface area contributed by atoms with Crippen LogP contribution in [0.5, 0.6) is 0 Å². The number of carbonyl (C=O) groups is 1. The maximum absolute atomic E-state index is 12.1. The molecule has 1 nitrogen and oxygen atoms in total. The third-order valence-corrected chi connectivity index (χ3v) is 5.07. The van der Waals surface area contributed by atoms with E-state index in [2.05, 4.69) is 38.3 Å². The Hall–Kier alpha value is -0.630. The Bertz CT molecular complexity index is 349. The van der Waals surface area contributed by atoms with Gasteiger partial charge in [0, 0.05) is 22.1 Å².